The molecule has 0 fully saturated rings. The van der Waals surface area contributed by atoms with E-state index in [9.17, 15) is 27.5 Å². The third kappa shape index (κ3) is 3.73. The van der Waals surface area contributed by atoms with Crippen LogP contribution in [0.2, 0.25) is 0 Å². The number of rotatable bonds is 4. The molecule has 0 saturated carbocycles. The molecule has 28 heavy (non-hydrogen) atoms. The third-order valence-electron chi connectivity index (χ3n) is 4.73. The van der Waals surface area contributed by atoms with Gasteiger partial charge in [-0.1, -0.05) is 6.07 Å². The van der Waals surface area contributed by atoms with Gasteiger partial charge in [0.15, 0.2) is 11.6 Å². The van der Waals surface area contributed by atoms with Crippen LogP contribution < -0.4 is 10.6 Å². The number of aliphatic hydroxyl groups excluding tert-OH is 1. The zero-order chi connectivity index (χ0) is 20.6. The van der Waals surface area contributed by atoms with Crippen molar-refractivity contribution in [3.8, 4) is 0 Å². The van der Waals surface area contributed by atoms with E-state index in [0.29, 0.717) is 6.07 Å². The van der Waals surface area contributed by atoms with Gasteiger partial charge in [0.2, 0.25) is 5.91 Å². The highest BCUT2D eigenvalue weighted by molar-refractivity contribution is 5.87. The van der Waals surface area contributed by atoms with Crippen molar-refractivity contribution in [3.63, 3.8) is 0 Å². The van der Waals surface area contributed by atoms with E-state index >= 15 is 0 Å². The maximum atomic E-state index is 14.2. The molecule has 8 heteroatoms. The lowest BCUT2D eigenvalue weighted by Gasteiger charge is -2.28. The largest absolute Gasteiger partial charge is 0.370 e. The molecule has 0 aromatic heterocycles. The number of hydrogen-bond donors (Lipinski definition) is 3. The summed E-state index contributed by atoms with van der Waals surface area (Å²) in [5.41, 5.74) is 0.678. The van der Waals surface area contributed by atoms with Crippen LogP contribution >= 0.6 is 0 Å². The zero-order valence-corrected chi connectivity index (χ0v) is 15.1. The first-order valence-electron chi connectivity index (χ1n) is 8.56. The molecule has 3 rings (SSSR count). The highest BCUT2D eigenvalue weighted by Crippen LogP contribution is 2.37. The lowest BCUT2D eigenvalue weighted by Crippen LogP contribution is -2.33. The number of halogens is 4. The van der Waals surface area contributed by atoms with Crippen molar-refractivity contribution in [2.24, 2.45) is 0 Å². The smallest absolute Gasteiger partial charge is 0.224 e. The number of carbonyl (C=O) groups excluding carboxylic acids is 1. The van der Waals surface area contributed by atoms with Crippen LogP contribution in [0.15, 0.2) is 35.9 Å². The first-order chi connectivity index (χ1) is 13.2. The number of nitrogens with one attached hydrogen (secondary N) is 2. The summed E-state index contributed by atoms with van der Waals surface area (Å²) < 4.78 is 54.6. The van der Waals surface area contributed by atoms with Gasteiger partial charge in [0.25, 0.3) is 0 Å². The van der Waals surface area contributed by atoms with E-state index < -0.39 is 41.4 Å². The number of allylic oxidation sites excluding steroid dienone is 1. The minimum atomic E-state index is -1.26. The van der Waals surface area contributed by atoms with E-state index in [0.717, 1.165) is 12.1 Å². The van der Waals surface area contributed by atoms with E-state index in [1.165, 1.54) is 26.0 Å². The number of fused-ring (bicyclic) bond motifs is 1. The first kappa shape index (κ1) is 19.9. The number of aliphatic hydroxyl groups is 1. The van der Waals surface area contributed by atoms with Gasteiger partial charge in [-0.05, 0) is 43.2 Å². The maximum absolute atomic E-state index is 14.2. The first-order valence-corrected chi connectivity index (χ1v) is 8.56. The second-order valence-electron chi connectivity index (χ2n) is 6.61. The molecule has 3 N–H and O–H groups in total. The Kier molecular flexibility index (Phi) is 5.42. The fourth-order valence-corrected chi connectivity index (χ4v) is 3.26. The number of benzene rings is 2. The van der Waals surface area contributed by atoms with Gasteiger partial charge in [-0.2, -0.15) is 0 Å². The molecule has 2 aromatic rings. The van der Waals surface area contributed by atoms with Gasteiger partial charge in [-0.15, -0.1) is 0 Å². The number of carbonyl (C=O) groups is 1. The van der Waals surface area contributed by atoms with Gasteiger partial charge in [-0.25, -0.2) is 17.6 Å². The molecule has 148 valence electrons. The fourth-order valence-electron chi connectivity index (χ4n) is 3.26. The van der Waals surface area contributed by atoms with Gasteiger partial charge < -0.3 is 15.7 Å². The molecular formula is C20H18F4N2O2. The quantitative estimate of drug-likeness (QED) is 0.687. The minimum absolute atomic E-state index is 0.0503. The van der Waals surface area contributed by atoms with Crippen LogP contribution in [0.1, 0.15) is 37.4 Å². The van der Waals surface area contributed by atoms with E-state index in [2.05, 4.69) is 10.6 Å². The molecule has 1 aliphatic rings. The van der Waals surface area contributed by atoms with Crippen LogP contribution in [0.4, 0.5) is 23.2 Å². The van der Waals surface area contributed by atoms with Crippen LogP contribution in [0.25, 0.3) is 5.57 Å². The van der Waals surface area contributed by atoms with E-state index in [1.807, 2.05) is 0 Å². The zero-order valence-electron chi connectivity index (χ0n) is 15.1. The average Bonchev–Trinajstić information content (AvgIpc) is 2.61. The lowest BCUT2D eigenvalue weighted by molar-refractivity contribution is -0.121. The predicted molar refractivity (Wildman–Crippen MR) is 96.1 cm³/mol. The summed E-state index contributed by atoms with van der Waals surface area (Å²) >= 11 is 0. The third-order valence-corrected chi connectivity index (χ3v) is 4.73. The highest BCUT2D eigenvalue weighted by atomic mass is 19.2. The molecule has 0 spiro atoms. The molecule has 1 heterocycles. The second kappa shape index (κ2) is 7.63. The molecule has 0 radical (unpaired) electrons. The van der Waals surface area contributed by atoms with Crippen molar-refractivity contribution in [3.05, 3.63) is 70.3 Å². The Morgan fingerprint density at radius 1 is 1.18 bits per heavy atom. The average molecular weight is 394 g/mol. The van der Waals surface area contributed by atoms with Gasteiger partial charge in [0.05, 0.1) is 12.5 Å². The lowest BCUT2D eigenvalue weighted by atomic mass is 9.92. The van der Waals surface area contributed by atoms with Crippen LogP contribution in [0.5, 0.6) is 0 Å². The summed E-state index contributed by atoms with van der Waals surface area (Å²) in [6.45, 7) is 3.01. The summed E-state index contributed by atoms with van der Waals surface area (Å²) in [6, 6.07) is 4.51. The van der Waals surface area contributed by atoms with Crippen LogP contribution in [0.3, 0.4) is 0 Å². The normalized spacial score (nSPS) is 17.0. The molecule has 1 unspecified atom stereocenters. The SMILES string of the molecule is CC1=C(CC(=O)N[C@@H](C)c2ccc(F)cc2F)C(O)Nc2ccc(F)c(F)c21. The van der Waals surface area contributed by atoms with Crippen LogP contribution in [-0.4, -0.2) is 17.2 Å². The van der Waals surface area contributed by atoms with Crippen LogP contribution in [0, 0.1) is 23.3 Å². The van der Waals surface area contributed by atoms with Crippen molar-refractivity contribution in [2.45, 2.75) is 32.5 Å². The Morgan fingerprint density at radius 3 is 2.57 bits per heavy atom. The molecule has 2 aromatic carbocycles. The Morgan fingerprint density at radius 2 is 1.89 bits per heavy atom. The second-order valence-corrected chi connectivity index (χ2v) is 6.61. The van der Waals surface area contributed by atoms with Crippen molar-refractivity contribution < 1.29 is 27.5 Å². The Bertz CT molecular complexity index is 975. The van der Waals surface area contributed by atoms with Gasteiger partial charge in [0, 0.05) is 22.9 Å². The summed E-state index contributed by atoms with van der Waals surface area (Å²) in [4.78, 5) is 12.4. The molecule has 1 amide bonds. The monoisotopic (exact) mass is 394 g/mol. The molecular weight excluding hydrogens is 376 g/mol. The molecule has 0 aliphatic carbocycles. The Hall–Kier alpha value is -2.87. The van der Waals surface area contributed by atoms with Crippen LogP contribution in [-0.2, 0) is 4.79 Å². The predicted octanol–water partition coefficient (Wildman–Crippen LogP) is 4.03. The maximum Gasteiger partial charge on any atom is 0.224 e. The summed E-state index contributed by atoms with van der Waals surface area (Å²) in [5.74, 6) is -4.21. The Balaban J connectivity index is 1.82. The fraction of sp³-hybridized carbons (Fsp3) is 0.250. The van der Waals surface area contributed by atoms with E-state index in [4.69, 9.17) is 0 Å². The molecule has 0 bridgehead atoms. The van der Waals surface area contributed by atoms with Gasteiger partial charge >= 0.3 is 0 Å². The van der Waals surface area contributed by atoms with E-state index in [1.54, 1.807) is 0 Å². The minimum Gasteiger partial charge on any atom is -0.370 e. The molecule has 1 aliphatic heterocycles. The highest BCUT2D eigenvalue weighted by Gasteiger charge is 2.28. The van der Waals surface area contributed by atoms with Crippen molar-refractivity contribution >= 4 is 17.2 Å². The molecule has 0 saturated heterocycles. The molecule has 4 nitrogen and oxygen atoms in total. The van der Waals surface area contributed by atoms with Gasteiger partial charge in [-0.3, -0.25) is 4.79 Å². The number of hydrogen-bond acceptors (Lipinski definition) is 3. The molecule has 2 atom stereocenters. The number of amides is 1. The van der Waals surface area contributed by atoms with Crippen molar-refractivity contribution in [1.29, 1.82) is 0 Å². The van der Waals surface area contributed by atoms with Crippen molar-refractivity contribution in [2.75, 3.05) is 5.32 Å². The standard InChI is InChI=1S/C20H18F4N2O2/c1-9-13(20(28)26-16-6-5-14(22)19(24)18(9)16)8-17(27)25-10(2)12-4-3-11(21)7-15(12)23/h3-7,10,20,26,28H,8H2,1-2H3,(H,25,27)/t10-,20?/m0/s1. The summed E-state index contributed by atoms with van der Waals surface area (Å²) in [7, 11) is 0. The van der Waals surface area contributed by atoms with Gasteiger partial charge in [0.1, 0.15) is 17.9 Å². The topological polar surface area (TPSA) is 61.4 Å². The number of anilines is 1. The summed E-state index contributed by atoms with van der Waals surface area (Å²) in [5, 5.41) is 15.4. The van der Waals surface area contributed by atoms with E-state index in [-0.39, 0.29) is 34.4 Å². The Labute approximate surface area is 158 Å². The van der Waals surface area contributed by atoms with Crippen molar-refractivity contribution in [1.82, 2.24) is 5.32 Å². The summed E-state index contributed by atoms with van der Waals surface area (Å²) in [6.07, 6.45) is -1.58.